The first-order chi connectivity index (χ1) is 12.4. The summed E-state index contributed by atoms with van der Waals surface area (Å²) in [4.78, 5) is 28.5. The Morgan fingerprint density at radius 1 is 1.04 bits per heavy atom. The third-order valence-electron chi connectivity index (χ3n) is 3.36. The molecule has 3 rings (SSSR count). The second kappa shape index (κ2) is 7.55. The van der Waals surface area contributed by atoms with E-state index in [4.69, 9.17) is 23.2 Å². The monoisotopic (exact) mass is 389 g/mol. The number of halogens is 2. The van der Waals surface area contributed by atoms with Gasteiger partial charge in [0, 0.05) is 18.1 Å². The van der Waals surface area contributed by atoms with E-state index in [-0.39, 0.29) is 5.69 Å². The number of aromatic nitrogens is 3. The summed E-state index contributed by atoms with van der Waals surface area (Å²) in [6.45, 7) is 1.89. The molecule has 0 aliphatic heterocycles. The number of hydrogen-bond acceptors (Lipinski definition) is 4. The van der Waals surface area contributed by atoms with E-state index >= 15 is 0 Å². The summed E-state index contributed by atoms with van der Waals surface area (Å²) in [5.41, 5.74) is 1.49. The summed E-state index contributed by atoms with van der Waals surface area (Å²) in [6, 6.07) is 9.12. The van der Waals surface area contributed by atoms with Crippen LogP contribution in [0.15, 0.2) is 48.8 Å². The molecule has 0 spiro atoms. The van der Waals surface area contributed by atoms with Crippen molar-refractivity contribution in [2.75, 3.05) is 10.6 Å². The van der Waals surface area contributed by atoms with E-state index in [9.17, 15) is 9.59 Å². The number of amides is 2. The van der Waals surface area contributed by atoms with Crippen molar-refractivity contribution in [3.63, 3.8) is 0 Å². The number of nitrogens with one attached hydrogen (secondary N) is 2. The molecule has 0 aliphatic rings. The highest BCUT2D eigenvalue weighted by Crippen LogP contribution is 2.25. The maximum Gasteiger partial charge on any atom is 0.346 e. The molecule has 2 heterocycles. The lowest BCUT2D eigenvalue weighted by atomic mass is 10.3. The van der Waals surface area contributed by atoms with Crippen molar-refractivity contribution in [3.05, 3.63) is 70.1 Å². The van der Waals surface area contributed by atoms with Crippen LogP contribution >= 0.6 is 23.2 Å². The van der Waals surface area contributed by atoms with E-state index in [0.29, 0.717) is 21.6 Å². The molecular weight excluding hydrogens is 377 g/mol. The van der Waals surface area contributed by atoms with Crippen LogP contribution in [0.1, 0.15) is 16.1 Å². The standard InChI is InChI=1S/C17H13Cl2N5O2/c1-10-4-6-20-15(8-10)22-16(25)14-5-7-24(23-14)17(26)21-11-2-3-12(18)13(19)9-11/h2-9H,1H3,(H,21,26)(H,20,22,25). The van der Waals surface area contributed by atoms with Crippen LogP contribution in [-0.4, -0.2) is 26.7 Å². The van der Waals surface area contributed by atoms with Crippen LogP contribution in [0.2, 0.25) is 10.0 Å². The Kier molecular flexibility index (Phi) is 5.20. The van der Waals surface area contributed by atoms with Gasteiger partial charge in [-0.3, -0.25) is 4.79 Å². The van der Waals surface area contributed by atoms with E-state index in [0.717, 1.165) is 10.2 Å². The third kappa shape index (κ3) is 4.19. The first-order valence-corrected chi connectivity index (χ1v) is 8.24. The average molecular weight is 390 g/mol. The van der Waals surface area contributed by atoms with Gasteiger partial charge in [-0.1, -0.05) is 23.2 Å². The average Bonchev–Trinajstić information content (AvgIpc) is 3.08. The van der Waals surface area contributed by atoms with E-state index in [1.807, 2.05) is 13.0 Å². The Balaban J connectivity index is 1.69. The fraction of sp³-hybridized carbons (Fsp3) is 0.0588. The van der Waals surface area contributed by atoms with Crippen molar-refractivity contribution < 1.29 is 9.59 Å². The van der Waals surface area contributed by atoms with Crippen molar-refractivity contribution in [1.29, 1.82) is 0 Å². The largest absolute Gasteiger partial charge is 0.346 e. The van der Waals surface area contributed by atoms with Gasteiger partial charge in [-0.15, -0.1) is 0 Å². The van der Waals surface area contributed by atoms with Crippen molar-refractivity contribution in [2.24, 2.45) is 0 Å². The van der Waals surface area contributed by atoms with Crippen LogP contribution in [0.25, 0.3) is 0 Å². The zero-order valence-corrected chi connectivity index (χ0v) is 15.0. The lowest BCUT2D eigenvalue weighted by Crippen LogP contribution is -2.21. The van der Waals surface area contributed by atoms with Crippen LogP contribution in [0.5, 0.6) is 0 Å². The van der Waals surface area contributed by atoms with Crippen LogP contribution in [0, 0.1) is 6.92 Å². The molecule has 9 heteroatoms. The Bertz CT molecular complexity index is 987. The molecule has 0 saturated carbocycles. The highest BCUT2D eigenvalue weighted by atomic mass is 35.5. The normalized spacial score (nSPS) is 10.4. The van der Waals surface area contributed by atoms with Crippen molar-refractivity contribution in [1.82, 2.24) is 14.8 Å². The number of nitrogens with zero attached hydrogens (tertiary/aromatic N) is 3. The molecule has 0 atom stereocenters. The fourth-order valence-electron chi connectivity index (χ4n) is 2.10. The quantitative estimate of drug-likeness (QED) is 0.701. The number of pyridine rings is 1. The predicted molar refractivity (Wildman–Crippen MR) is 100 cm³/mol. The molecule has 1 aromatic carbocycles. The topological polar surface area (TPSA) is 88.9 Å². The van der Waals surface area contributed by atoms with Crippen LogP contribution in [-0.2, 0) is 0 Å². The molecule has 3 aromatic rings. The van der Waals surface area contributed by atoms with E-state index < -0.39 is 11.9 Å². The second-order valence-electron chi connectivity index (χ2n) is 5.38. The van der Waals surface area contributed by atoms with Gasteiger partial charge in [0.2, 0.25) is 0 Å². The lowest BCUT2D eigenvalue weighted by molar-refractivity contribution is 0.102. The first kappa shape index (κ1) is 17.9. The number of aryl methyl sites for hydroxylation is 1. The minimum Gasteiger partial charge on any atom is -0.306 e. The third-order valence-corrected chi connectivity index (χ3v) is 4.10. The first-order valence-electron chi connectivity index (χ1n) is 7.48. The van der Waals surface area contributed by atoms with Crippen LogP contribution < -0.4 is 10.6 Å². The van der Waals surface area contributed by atoms with E-state index in [1.165, 1.54) is 18.3 Å². The highest BCUT2D eigenvalue weighted by molar-refractivity contribution is 6.42. The summed E-state index contributed by atoms with van der Waals surface area (Å²) in [5, 5.41) is 9.90. The molecule has 2 aromatic heterocycles. The van der Waals surface area contributed by atoms with Gasteiger partial charge in [-0.2, -0.15) is 9.78 Å². The van der Waals surface area contributed by atoms with Gasteiger partial charge in [0.1, 0.15) is 5.82 Å². The van der Waals surface area contributed by atoms with Crippen molar-refractivity contribution in [3.8, 4) is 0 Å². The van der Waals surface area contributed by atoms with Gasteiger partial charge in [0.15, 0.2) is 5.69 Å². The molecule has 0 aliphatic carbocycles. The summed E-state index contributed by atoms with van der Waals surface area (Å²) in [5.74, 6) is -0.0611. The number of hydrogen-bond donors (Lipinski definition) is 2. The molecule has 0 radical (unpaired) electrons. The summed E-state index contributed by atoms with van der Waals surface area (Å²) in [7, 11) is 0. The number of carbonyl (C=O) groups excluding carboxylic acids is 2. The molecular formula is C17H13Cl2N5O2. The maximum absolute atomic E-state index is 12.2. The number of benzene rings is 1. The summed E-state index contributed by atoms with van der Waals surface area (Å²) >= 11 is 11.7. The van der Waals surface area contributed by atoms with E-state index in [2.05, 4.69) is 20.7 Å². The fourth-order valence-corrected chi connectivity index (χ4v) is 2.40. The summed E-state index contributed by atoms with van der Waals surface area (Å²) in [6.07, 6.45) is 2.97. The SMILES string of the molecule is Cc1ccnc(NC(=O)c2ccn(C(=O)Nc3ccc(Cl)c(Cl)c3)n2)c1. The predicted octanol–water partition coefficient (Wildman–Crippen LogP) is 4.23. The molecule has 0 bridgehead atoms. The molecule has 26 heavy (non-hydrogen) atoms. The molecule has 132 valence electrons. The van der Waals surface area contributed by atoms with E-state index in [1.54, 1.807) is 24.4 Å². The van der Waals surface area contributed by atoms with Gasteiger partial charge in [-0.05, 0) is 48.9 Å². The Labute approximate surface area is 158 Å². The molecule has 0 unspecified atom stereocenters. The molecule has 2 amide bonds. The van der Waals surface area contributed by atoms with Crippen LogP contribution in [0.4, 0.5) is 16.3 Å². The Morgan fingerprint density at radius 3 is 2.58 bits per heavy atom. The van der Waals surface area contributed by atoms with Crippen LogP contribution in [0.3, 0.4) is 0 Å². The zero-order chi connectivity index (χ0) is 18.7. The summed E-state index contributed by atoms with van der Waals surface area (Å²) < 4.78 is 1.01. The van der Waals surface area contributed by atoms with Gasteiger partial charge < -0.3 is 10.6 Å². The minimum absolute atomic E-state index is 0.0811. The zero-order valence-electron chi connectivity index (χ0n) is 13.5. The molecule has 0 saturated heterocycles. The number of rotatable bonds is 3. The minimum atomic E-state index is -0.545. The van der Waals surface area contributed by atoms with Gasteiger partial charge in [0.25, 0.3) is 5.91 Å². The number of carbonyl (C=O) groups is 2. The molecule has 0 fully saturated rings. The second-order valence-corrected chi connectivity index (χ2v) is 6.19. The van der Waals surface area contributed by atoms with Crippen molar-refractivity contribution in [2.45, 2.75) is 6.92 Å². The van der Waals surface area contributed by atoms with Gasteiger partial charge in [-0.25, -0.2) is 9.78 Å². The Hall–Kier alpha value is -2.90. The molecule has 7 nitrogen and oxygen atoms in total. The number of anilines is 2. The lowest BCUT2D eigenvalue weighted by Gasteiger charge is -2.06. The Morgan fingerprint density at radius 2 is 1.85 bits per heavy atom. The van der Waals surface area contributed by atoms with Gasteiger partial charge >= 0.3 is 6.03 Å². The van der Waals surface area contributed by atoms with Gasteiger partial charge in [0.05, 0.1) is 10.0 Å². The highest BCUT2D eigenvalue weighted by Gasteiger charge is 2.14. The smallest absolute Gasteiger partial charge is 0.306 e. The maximum atomic E-state index is 12.2. The van der Waals surface area contributed by atoms with Crippen molar-refractivity contribution >= 4 is 46.6 Å². The molecule has 2 N–H and O–H groups in total.